The van der Waals surface area contributed by atoms with Crippen LogP contribution < -0.4 is 0 Å². The molecule has 2 aromatic carbocycles. The molecular formula is C18H14O2S. The van der Waals surface area contributed by atoms with Crippen LogP contribution in [0, 0.1) is 0 Å². The van der Waals surface area contributed by atoms with Crippen LogP contribution >= 0.6 is 11.3 Å². The first kappa shape index (κ1) is 13.6. The van der Waals surface area contributed by atoms with Crippen molar-refractivity contribution in [3.8, 4) is 21.6 Å². The van der Waals surface area contributed by atoms with Crippen molar-refractivity contribution in [2.75, 3.05) is 7.11 Å². The van der Waals surface area contributed by atoms with E-state index in [2.05, 4.69) is 24.3 Å². The summed E-state index contributed by atoms with van der Waals surface area (Å²) in [5.41, 5.74) is 3.46. The van der Waals surface area contributed by atoms with Gasteiger partial charge in [0.25, 0.3) is 0 Å². The summed E-state index contributed by atoms with van der Waals surface area (Å²) in [7, 11) is 1.40. The Hall–Kier alpha value is -2.39. The van der Waals surface area contributed by atoms with Gasteiger partial charge < -0.3 is 4.74 Å². The second-order valence-corrected chi connectivity index (χ2v) is 5.65. The summed E-state index contributed by atoms with van der Waals surface area (Å²) in [4.78, 5) is 13.3. The van der Waals surface area contributed by atoms with Gasteiger partial charge in [0.1, 0.15) is 4.88 Å². The molecule has 0 saturated heterocycles. The molecule has 0 saturated carbocycles. The molecule has 0 aliphatic carbocycles. The maximum absolute atomic E-state index is 11.6. The van der Waals surface area contributed by atoms with Crippen LogP contribution in [0.2, 0.25) is 0 Å². The molecule has 3 aromatic rings. The number of methoxy groups -OCH3 is 1. The van der Waals surface area contributed by atoms with E-state index in [0.717, 1.165) is 16.0 Å². The van der Waals surface area contributed by atoms with E-state index in [1.807, 2.05) is 42.5 Å². The molecule has 0 N–H and O–H groups in total. The molecule has 3 rings (SSSR count). The van der Waals surface area contributed by atoms with E-state index in [0.29, 0.717) is 4.88 Å². The normalized spacial score (nSPS) is 10.3. The largest absolute Gasteiger partial charge is 0.465 e. The van der Waals surface area contributed by atoms with Crippen molar-refractivity contribution in [3.63, 3.8) is 0 Å². The molecule has 0 fully saturated rings. The van der Waals surface area contributed by atoms with Gasteiger partial charge in [0.2, 0.25) is 0 Å². The lowest BCUT2D eigenvalue weighted by Gasteiger charge is -2.07. The highest BCUT2D eigenvalue weighted by Crippen LogP contribution is 2.36. The monoisotopic (exact) mass is 294 g/mol. The van der Waals surface area contributed by atoms with Gasteiger partial charge >= 0.3 is 5.97 Å². The van der Waals surface area contributed by atoms with E-state index >= 15 is 0 Å². The Morgan fingerprint density at radius 2 is 1.52 bits per heavy atom. The molecular weight excluding hydrogens is 280 g/mol. The zero-order valence-corrected chi connectivity index (χ0v) is 12.4. The van der Waals surface area contributed by atoms with Gasteiger partial charge in [-0.3, -0.25) is 0 Å². The van der Waals surface area contributed by atoms with Gasteiger partial charge in [-0.15, -0.1) is 11.3 Å². The first-order valence-electron chi connectivity index (χ1n) is 6.62. The van der Waals surface area contributed by atoms with Crippen molar-refractivity contribution in [1.29, 1.82) is 0 Å². The maximum Gasteiger partial charge on any atom is 0.348 e. The quantitative estimate of drug-likeness (QED) is 0.644. The lowest BCUT2D eigenvalue weighted by Crippen LogP contribution is -1.96. The summed E-state index contributed by atoms with van der Waals surface area (Å²) in [5, 5.41) is 0. The maximum atomic E-state index is 11.6. The highest BCUT2D eigenvalue weighted by atomic mass is 32.1. The SMILES string of the molecule is COC(=O)c1ccc(-c2ccccc2-c2ccccc2)s1. The molecule has 3 heteroatoms. The topological polar surface area (TPSA) is 26.3 Å². The van der Waals surface area contributed by atoms with Crippen LogP contribution in [0.15, 0.2) is 66.7 Å². The first-order valence-corrected chi connectivity index (χ1v) is 7.44. The van der Waals surface area contributed by atoms with Crippen LogP contribution in [0.1, 0.15) is 9.67 Å². The number of ether oxygens (including phenoxy) is 1. The molecule has 1 heterocycles. The van der Waals surface area contributed by atoms with Crippen LogP contribution in [0.4, 0.5) is 0 Å². The van der Waals surface area contributed by atoms with Crippen molar-refractivity contribution in [1.82, 2.24) is 0 Å². The number of esters is 1. The number of benzene rings is 2. The lowest BCUT2D eigenvalue weighted by atomic mass is 9.99. The van der Waals surface area contributed by atoms with Crippen molar-refractivity contribution >= 4 is 17.3 Å². The number of carbonyl (C=O) groups excluding carboxylic acids is 1. The third-order valence-electron chi connectivity index (χ3n) is 3.27. The zero-order chi connectivity index (χ0) is 14.7. The molecule has 0 unspecified atom stereocenters. The summed E-state index contributed by atoms with van der Waals surface area (Å²) in [6, 6.07) is 22.2. The van der Waals surface area contributed by atoms with Crippen molar-refractivity contribution < 1.29 is 9.53 Å². The van der Waals surface area contributed by atoms with E-state index in [1.165, 1.54) is 24.0 Å². The van der Waals surface area contributed by atoms with E-state index in [1.54, 1.807) is 0 Å². The third-order valence-corrected chi connectivity index (χ3v) is 4.37. The van der Waals surface area contributed by atoms with Crippen LogP contribution in [-0.2, 0) is 4.74 Å². The molecule has 21 heavy (non-hydrogen) atoms. The van der Waals surface area contributed by atoms with E-state index in [4.69, 9.17) is 4.74 Å². The Morgan fingerprint density at radius 3 is 2.24 bits per heavy atom. The molecule has 0 radical (unpaired) electrons. The molecule has 0 atom stereocenters. The zero-order valence-electron chi connectivity index (χ0n) is 11.6. The number of hydrogen-bond donors (Lipinski definition) is 0. The van der Waals surface area contributed by atoms with Gasteiger partial charge in [-0.2, -0.15) is 0 Å². The van der Waals surface area contributed by atoms with E-state index in [9.17, 15) is 4.79 Å². The van der Waals surface area contributed by atoms with Crippen LogP contribution in [0.25, 0.3) is 21.6 Å². The average Bonchev–Trinajstić information content (AvgIpc) is 3.05. The standard InChI is InChI=1S/C18H14O2S/c1-20-18(19)17-12-11-16(21-17)15-10-6-5-9-14(15)13-7-3-2-4-8-13/h2-12H,1H3. The van der Waals surface area contributed by atoms with Gasteiger partial charge in [0, 0.05) is 4.88 Å². The molecule has 0 aliphatic heterocycles. The molecule has 1 aromatic heterocycles. The highest BCUT2D eigenvalue weighted by molar-refractivity contribution is 7.17. The predicted octanol–water partition coefficient (Wildman–Crippen LogP) is 4.87. The van der Waals surface area contributed by atoms with Crippen LogP contribution in [0.5, 0.6) is 0 Å². The average molecular weight is 294 g/mol. The summed E-state index contributed by atoms with van der Waals surface area (Å²) in [6.45, 7) is 0. The van der Waals surface area contributed by atoms with Crippen LogP contribution in [-0.4, -0.2) is 13.1 Å². The first-order chi connectivity index (χ1) is 10.3. The Morgan fingerprint density at radius 1 is 0.857 bits per heavy atom. The fourth-order valence-corrected chi connectivity index (χ4v) is 3.22. The Bertz CT molecular complexity index is 760. The summed E-state index contributed by atoms with van der Waals surface area (Å²) < 4.78 is 4.77. The highest BCUT2D eigenvalue weighted by Gasteiger charge is 2.13. The Balaban J connectivity index is 2.07. The Kier molecular flexibility index (Phi) is 3.84. The lowest BCUT2D eigenvalue weighted by molar-refractivity contribution is 0.0606. The molecule has 0 bridgehead atoms. The van der Waals surface area contributed by atoms with E-state index in [-0.39, 0.29) is 5.97 Å². The Labute approximate surface area is 127 Å². The summed E-state index contributed by atoms with van der Waals surface area (Å²) >= 11 is 1.45. The predicted molar refractivity (Wildman–Crippen MR) is 86.5 cm³/mol. The molecule has 0 aliphatic rings. The van der Waals surface area contributed by atoms with Crippen molar-refractivity contribution in [2.45, 2.75) is 0 Å². The number of carbonyl (C=O) groups is 1. The summed E-state index contributed by atoms with van der Waals surface area (Å²) in [5.74, 6) is -0.288. The fraction of sp³-hybridized carbons (Fsp3) is 0.0556. The minimum atomic E-state index is -0.288. The number of rotatable bonds is 3. The van der Waals surface area contributed by atoms with Gasteiger partial charge in [-0.25, -0.2) is 4.79 Å². The number of thiophene rings is 1. The van der Waals surface area contributed by atoms with E-state index < -0.39 is 0 Å². The molecule has 104 valence electrons. The van der Waals surface area contributed by atoms with Gasteiger partial charge in [0.05, 0.1) is 7.11 Å². The fourth-order valence-electron chi connectivity index (χ4n) is 2.26. The number of hydrogen-bond acceptors (Lipinski definition) is 3. The van der Waals surface area contributed by atoms with Crippen molar-refractivity contribution in [3.05, 3.63) is 71.6 Å². The van der Waals surface area contributed by atoms with Gasteiger partial charge in [-0.1, -0.05) is 54.6 Å². The van der Waals surface area contributed by atoms with Gasteiger partial charge in [-0.05, 0) is 28.8 Å². The smallest absolute Gasteiger partial charge is 0.348 e. The van der Waals surface area contributed by atoms with Gasteiger partial charge in [0.15, 0.2) is 0 Å². The molecule has 0 amide bonds. The summed E-state index contributed by atoms with van der Waals surface area (Å²) in [6.07, 6.45) is 0. The van der Waals surface area contributed by atoms with Crippen molar-refractivity contribution in [2.24, 2.45) is 0 Å². The molecule has 2 nitrogen and oxygen atoms in total. The third kappa shape index (κ3) is 2.73. The minimum Gasteiger partial charge on any atom is -0.465 e. The second kappa shape index (κ2) is 5.94. The molecule has 0 spiro atoms. The minimum absolute atomic E-state index is 0.288. The van der Waals surface area contributed by atoms with Crippen LogP contribution in [0.3, 0.4) is 0 Å². The second-order valence-electron chi connectivity index (χ2n) is 4.57.